The van der Waals surface area contributed by atoms with E-state index in [0.29, 0.717) is 6.61 Å². The molecule has 0 spiro atoms. The fraction of sp³-hybridized carbons (Fsp3) is 0.250. The number of ether oxygens (including phenoxy) is 1. The standard InChI is InChI=1S/C16H19NO2/c1-12-2-4-13(5-3-12)11-19-15-8-6-14(7-9-15)16(17)10-18/h2-9,16,18H,10-11,17H2,1H3/t16-/m1/s1. The average molecular weight is 257 g/mol. The van der Waals surface area contributed by atoms with Gasteiger partial charge in [0.1, 0.15) is 12.4 Å². The molecule has 0 saturated heterocycles. The summed E-state index contributed by atoms with van der Waals surface area (Å²) in [6, 6.07) is 15.4. The second-order valence-corrected chi connectivity index (χ2v) is 4.63. The SMILES string of the molecule is Cc1ccc(COc2ccc([C@H](N)CO)cc2)cc1. The molecule has 0 fully saturated rings. The molecule has 0 aliphatic carbocycles. The summed E-state index contributed by atoms with van der Waals surface area (Å²) in [4.78, 5) is 0. The van der Waals surface area contributed by atoms with Crippen LogP contribution in [0.15, 0.2) is 48.5 Å². The lowest BCUT2D eigenvalue weighted by Gasteiger charge is -2.10. The van der Waals surface area contributed by atoms with Crippen molar-refractivity contribution in [1.29, 1.82) is 0 Å². The van der Waals surface area contributed by atoms with Crippen molar-refractivity contribution in [2.24, 2.45) is 5.73 Å². The molecule has 0 aromatic heterocycles. The molecule has 0 saturated carbocycles. The Kier molecular flexibility index (Phi) is 4.55. The van der Waals surface area contributed by atoms with Crippen molar-refractivity contribution in [2.75, 3.05) is 6.61 Å². The number of aliphatic hydroxyl groups is 1. The van der Waals surface area contributed by atoms with E-state index < -0.39 is 0 Å². The van der Waals surface area contributed by atoms with Crippen molar-refractivity contribution in [3.05, 3.63) is 65.2 Å². The van der Waals surface area contributed by atoms with Crippen LogP contribution in [-0.4, -0.2) is 11.7 Å². The monoisotopic (exact) mass is 257 g/mol. The lowest BCUT2D eigenvalue weighted by Crippen LogP contribution is -2.14. The Morgan fingerprint density at radius 3 is 2.26 bits per heavy atom. The van der Waals surface area contributed by atoms with E-state index in [-0.39, 0.29) is 12.6 Å². The zero-order valence-electron chi connectivity index (χ0n) is 11.0. The quantitative estimate of drug-likeness (QED) is 0.865. The topological polar surface area (TPSA) is 55.5 Å². The van der Waals surface area contributed by atoms with Crippen LogP contribution in [0, 0.1) is 6.92 Å². The van der Waals surface area contributed by atoms with E-state index in [1.807, 2.05) is 24.3 Å². The Bertz CT molecular complexity index is 505. The maximum Gasteiger partial charge on any atom is 0.119 e. The zero-order chi connectivity index (χ0) is 13.7. The van der Waals surface area contributed by atoms with Crippen molar-refractivity contribution >= 4 is 0 Å². The molecular formula is C16H19NO2. The number of hydrogen-bond acceptors (Lipinski definition) is 3. The van der Waals surface area contributed by atoms with Crippen LogP contribution < -0.4 is 10.5 Å². The van der Waals surface area contributed by atoms with Gasteiger partial charge >= 0.3 is 0 Å². The zero-order valence-corrected chi connectivity index (χ0v) is 11.0. The molecule has 2 aromatic rings. The molecular weight excluding hydrogens is 238 g/mol. The first-order valence-corrected chi connectivity index (χ1v) is 6.34. The third kappa shape index (κ3) is 3.81. The summed E-state index contributed by atoms with van der Waals surface area (Å²) < 4.78 is 5.70. The third-order valence-electron chi connectivity index (χ3n) is 3.03. The molecule has 1 atom stereocenters. The van der Waals surface area contributed by atoms with Gasteiger partial charge < -0.3 is 15.6 Å². The van der Waals surface area contributed by atoms with Gasteiger partial charge in [0.2, 0.25) is 0 Å². The Morgan fingerprint density at radius 2 is 1.68 bits per heavy atom. The molecule has 0 radical (unpaired) electrons. The Labute approximate surface area is 113 Å². The molecule has 3 N–H and O–H groups in total. The predicted molar refractivity (Wildman–Crippen MR) is 76.0 cm³/mol. The van der Waals surface area contributed by atoms with Crippen LogP contribution in [0.5, 0.6) is 5.75 Å². The Hall–Kier alpha value is -1.84. The van der Waals surface area contributed by atoms with E-state index in [0.717, 1.165) is 16.9 Å². The molecule has 0 aliphatic heterocycles. The first-order chi connectivity index (χ1) is 9.19. The first kappa shape index (κ1) is 13.6. The second-order valence-electron chi connectivity index (χ2n) is 4.63. The van der Waals surface area contributed by atoms with E-state index in [1.54, 1.807) is 0 Å². The van der Waals surface area contributed by atoms with E-state index in [4.69, 9.17) is 15.6 Å². The van der Waals surface area contributed by atoms with Crippen molar-refractivity contribution in [1.82, 2.24) is 0 Å². The molecule has 0 amide bonds. The van der Waals surface area contributed by atoms with Crippen LogP contribution in [0.2, 0.25) is 0 Å². The van der Waals surface area contributed by atoms with Gasteiger partial charge in [0.25, 0.3) is 0 Å². The van der Waals surface area contributed by atoms with Crippen LogP contribution in [0.25, 0.3) is 0 Å². The summed E-state index contributed by atoms with van der Waals surface area (Å²) in [6.45, 7) is 2.56. The van der Waals surface area contributed by atoms with Gasteiger partial charge in [-0.25, -0.2) is 0 Å². The van der Waals surface area contributed by atoms with Crippen molar-refractivity contribution in [3.8, 4) is 5.75 Å². The highest BCUT2D eigenvalue weighted by Gasteiger charge is 2.04. The van der Waals surface area contributed by atoms with Crippen LogP contribution in [0.3, 0.4) is 0 Å². The summed E-state index contributed by atoms with van der Waals surface area (Å²) in [7, 11) is 0. The smallest absolute Gasteiger partial charge is 0.119 e. The van der Waals surface area contributed by atoms with Gasteiger partial charge in [0.05, 0.1) is 12.6 Å². The summed E-state index contributed by atoms with van der Waals surface area (Å²) in [5.74, 6) is 0.800. The lowest BCUT2D eigenvalue weighted by atomic mass is 10.1. The minimum atomic E-state index is -0.328. The third-order valence-corrected chi connectivity index (χ3v) is 3.03. The molecule has 0 aliphatic rings. The van der Waals surface area contributed by atoms with E-state index in [1.165, 1.54) is 5.56 Å². The molecule has 0 unspecified atom stereocenters. The van der Waals surface area contributed by atoms with Crippen molar-refractivity contribution in [2.45, 2.75) is 19.6 Å². The second kappa shape index (κ2) is 6.36. The highest BCUT2D eigenvalue weighted by atomic mass is 16.5. The summed E-state index contributed by atoms with van der Waals surface area (Å²) in [5.41, 5.74) is 9.02. The Morgan fingerprint density at radius 1 is 1.05 bits per heavy atom. The normalized spacial score (nSPS) is 12.2. The van der Waals surface area contributed by atoms with E-state index >= 15 is 0 Å². The molecule has 0 heterocycles. The van der Waals surface area contributed by atoms with Gasteiger partial charge in [0, 0.05) is 0 Å². The molecule has 2 rings (SSSR count). The first-order valence-electron chi connectivity index (χ1n) is 6.34. The lowest BCUT2D eigenvalue weighted by molar-refractivity contribution is 0.267. The minimum Gasteiger partial charge on any atom is -0.489 e. The molecule has 0 bridgehead atoms. The number of benzene rings is 2. The number of nitrogens with two attached hydrogens (primary N) is 1. The number of aliphatic hydroxyl groups excluding tert-OH is 1. The summed E-state index contributed by atoms with van der Waals surface area (Å²) in [5, 5.41) is 8.98. The predicted octanol–water partition coefficient (Wildman–Crippen LogP) is 2.57. The molecule has 3 nitrogen and oxygen atoms in total. The Balaban J connectivity index is 1.94. The summed E-state index contributed by atoms with van der Waals surface area (Å²) in [6.07, 6.45) is 0. The van der Waals surface area contributed by atoms with E-state index in [9.17, 15) is 0 Å². The number of rotatable bonds is 5. The van der Waals surface area contributed by atoms with E-state index in [2.05, 4.69) is 31.2 Å². The molecule has 100 valence electrons. The van der Waals surface area contributed by atoms with Gasteiger partial charge in [-0.05, 0) is 30.2 Å². The van der Waals surface area contributed by atoms with Crippen LogP contribution in [-0.2, 0) is 6.61 Å². The molecule has 3 heteroatoms. The number of hydrogen-bond donors (Lipinski definition) is 2. The van der Waals surface area contributed by atoms with Gasteiger partial charge in [0.15, 0.2) is 0 Å². The number of aryl methyl sites for hydroxylation is 1. The highest BCUT2D eigenvalue weighted by Crippen LogP contribution is 2.17. The molecule has 2 aromatic carbocycles. The van der Waals surface area contributed by atoms with Crippen LogP contribution in [0.1, 0.15) is 22.7 Å². The summed E-state index contributed by atoms with van der Waals surface area (Å²) >= 11 is 0. The fourth-order valence-electron chi connectivity index (χ4n) is 1.77. The van der Waals surface area contributed by atoms with Gasteiger partial charge in [-0.15, -0.1) is 0 Å². The van der Waals surface area contributed by atoms with Gasteiger partial charge in [-0.2, -0.15) is 0 Å². The van der Waals surface area contributed by atoms with Crippen LogP contribution >= 0.6 is 0 Å². The maximum atomic E-state index is 8.98. The average Bonchev–Trinajstić information content (AvgIpc) is 2.46. The van der Waals surface area contributed by atoms with Crippen molar-refractivity contribution < 1.29 is 9.84 Å². The highest BCUT2D eigenvalue weighted by molar-refractivity contribution is 5.29. The maximum absolute atomic E-state index is 8.98. The van der Waals surface area contributed by atoms with Gasteiger partial charge in [-0.3, -0.25) is 0 Å². The minimum absolute atomic E-state index is 0.0520. The fourth-order valence-corrected chi connectivity index (χ4v) is 1.77. The molecule has 19 heavy (non-hydrogen) atoms. The largest absolute Gasteiger partial charge is 0.489 e. The van der Waals surface area contributed by atoms with Crippen LogP contribution in [0.4, 0.5) is 0 Å². The van der Waals surface area contributed by atoms with Gasteiger partial charge in [-0.1, -0.05) is 42.0 Å². The van der Waals surface area contributed by atoms with Crippen molar-refractivity contribution in [3.63, 3.8) is 0 Å².